The van der Waals surface area contributed by atoms with Gasteiger partial charge < -0.3 is 14.2 Å². The first-order chi connectivity index (χ1) is 16.2. The normalized spacial score (nSPS) is 14.4. The number of pyridine rings is 1. The number of rotatable bonds is 13. The molecule has 8 nitrogen and oxygen atoms in total. The first-order valence-corrected chi connectivity index (χ1v) is 11.0. The summed E-state index contributed by atoms with van der Waals surface area (Å²) in [5.74, 6) is 0.311. The minimum absolute atomic E-state index is 0.0649. The highest BCUT2D eigenvalue weighted by atomic mass is 19.3. The van der Waals surface area contributed by atoms with Gasteiger partial charge in [0.1, 0.15) is 18.3 Å². The smallest absolute Gasteiger partial charge is 0.412 e. The van der Waals surface area contributed by atoms with E-state index >= 15 is 0 Å². The SMILES string of the molecule is C=C(CCc1cccnc1)OC[C@H](CC(F)(F)N1C=CC(NC(=O)OCCCC)=NC1=C)OC. The molecule has 0 radical (unpaired) electrons. The minimum atomic E-state index is -3.36. The lowest BCUT2D eigenvalue weighted by molar-refractivity contribution is -0.143. The number of alkyl halides is 2. The lowest BCUT2D eigenvalue weighted by Gasteiger charge is -2.33. The van der Waals surface area contributed by atoms with Gasteiger partial charge in [0.2, 0.25) is 0 Å². The third kappa shape index (κ3) is 8.93. The van der Waals surface area contributed by atoms with Crippen LogP contribution in [0.3, 0.4) is 0 Å². The summed E-state index contributed by atoms with van der Waals surface area (Å²) in [5, 5.41) is 2.40. The second kappa shape index (κ2) is 13.4. The number of hydrogen-bond donors (Lipinski definition) is 1. The molecule has 2 rings (SSSR count). The van der Waals surface area contributed by atoms with Crippen molar-refractivity contribution in [1.82, 2.24) is 15.2 Å². The number of nitrogens with zero attached hydrogens (tertiary/aromatic N) is 3. The summed E-state index contributed by atoms with van der Waals surface area (Å²) in [6, 6.07) is 0.426. The number of aryl methyl sites for hydroxylation is 1. The second-order valence-electron chi connectivity index (χ2n) is 7.65. The molecule has 2 heterocycles. The number of halogens is 2. The molecule has 0 aromatic carbocycles. The van der Waals surface area contributed by atoms with E-state index in [1.807, 2.05) is 19.1 Å². The van der Waals surface area contributed by atoms with Gasteiger partial charge in [-0.05, 0) is 30.5 Å². The van der Waals surface area contributed by atoms with Crippen LogP contribution in [0.2, 0.25) is 0 Å². The van der Waals surface area contributed by atoms with Gasteiger partial charge in [0.25, 0.3) is 0 Å². The average Bonchev–Trinajstić information content (AvgIpc) is 2.81. The zero-order valence-corrected chi connectivity index (χ0v) is 19.6. The first kappa shape index (κ1) is 27.0. The van der Waals surface area contributed by atoms with Crippen molar-refractivity contribution in [1.29, 1.82) is 0 Å². The molecule has 1 atom stereocenters. The van der Waals surface area contributed by atoms with Crippen LogP contribution in [0.25, 0.3) is 0 Å². The van der Waals surface area contributed by atoms with Crippen LogP contribution in [0.15, 0.2) is 66.5 Å². The lowest BCUT2D eigenvalue weighted by atomic mass is 10.1. The Bertz CT molecular complexity index is 890. The van der Waals surface area contributed by atoms with Gasteiger partial charge in [0.05, 0.1) is 24.9 Å². The van der Waals surface area contributed by atoms with Crippen molar-refractivity contribution in [2.75, 3.05) is 20.3 Å². The molecule has 0 aliphatic carbocycles. The zero-order valence-electron chi connectivity index (χ0n) is 19.6. The van der Waals surface area contributed by atoms with Crippen LogP contribution >= 0.6 is 0 Å². The number of amides is 1. The largest absolute Gasteiger partial charge is 0.496 e. The van der Waals surface area contributed by atoms with Crippen molar-refractivity contribution in [3.8, 4) is 0 Å². The van der Waals surface area contributed by atoms with Crippen LogP contribution < -0.4 is 5.32 Å². The number of allylic oxidation sites excluding steroid dienone is 1. The van der Waals surface area contributed by atoms with Gasteiger partial charge in [-0.25, -0.2) is 9.79 Å². The second-order valence-corrected chi connectivity index (χ2v) is 7.65. The van der Waals surface area contributed by atoms with E-state index in [0.717, 1.165) is 24.6 Å². The standard InChI is InChI=1S/C24H32F2N4O4/c1-5-6-14-33-23(31)29-22-11-13-30(19(3)28-22)24(25,26)15-21(32-4)17-34-18(2)9-10-20-8-7-12-27-16-20/h7-8,11-13,16,21H,2-3,5-6,9-10,14-15,17H2,1,4H3,(H,28,29,31)/t21-/m0/s1. The molecule has 0 unspecified atom stereocenters. The third-order valence-corrected chi connectivity index (χ3v) is 4.92. The molecule has 186 valence electrons. The van der Waals surface area contributed by atoms with Crippen LogP contribution in [0.4, 0.5) is 13.6 Å². The van der Waals surface area contributed by atoms with Gasteiger partial charge in [0.15, 0.2) is 0 Å². The van der Waals surface area contributed by atoms with Crippen LogP contribution in [-0.2, 0) is 20.6 Å². The van der Waals surface area contributed by atoms with E-state index in [0.29, 0.717) is 23.5 Å². The molecule has 0 spiro atoms. The molecule has 1 aromatic rings. The number of aliphatic imine (C=N–C) groups is 1. The molecule has 34 heavy (non-hydrogen) atoms. The summed E-state index contributed by atoms with van der Waals surface area (Å²) < 4.78 is 45.6. The minimum Gasteiger partial charge on any atom is -0.496 e. The molecule has 0 saturated heterocycles. The maximum absolute atomic E-state index is 15.0. The van der Waals surface area contributed by atoms with Crippen LogP contribution in [-0.4, -0.2) is 54.3 Å². The van der Waals surface area contributed by atoms with Gasteiger partial charge in [-0.2, -0.15) is 8.78 Å². The van der Waals surface area contributed by atoms with Crippen molar-refractivity contribution in [2.24, 2.45) is 4.99 Å². The number of hydrogen-bond acceptors (Lipinski definition) is 7. The van der Waals surface area contributed by atoms with E-state index in [-0.39, 0.29) is 24.9 Å². The molecule has 0 bridgehead atoms. The fourth-order valence-corrected chi connectivity index (χ4v) is 2.97. The number of carbonyl (C=O) groups excluding carboxylic acids is 1. The maximum Gasteiger partial charge on any atom is 0.412 e. The third-order valence-electron chi connectivity index (χ3n) is 4.92. The molecular formula is C24H32F2N4O4. The van der Waals surface area contributed by atoms with Gasteiger partial charge in [-0.3, -0.25) is 15.2 Å². The average molecular weight is 479 g/mol. The van der Waals surface area contributed by atoms with Gasteiger partial charge in [0, 0.05) is 32.1 Å². The summed E-state index contributed by atoms with van der Waals surface area (Å²) in [4.78, 5) is 20.3. The van der Waals surface area contributed by atoms with E-state index in [1.165, 1.54) is 13.2 Å². The van der Waals surface area contributed by atoms with Gasteiger partial charge >= 0.3 is 12.1 Å². The Morgan fingerprint density at radius 1 is 1.35 bits per heavy atom. The highest BCUT2D eigenvalue weighted by molar-refractivity contribution is 6.03. The van der Waals surface area contributed by atoms with Crippen molar-refractivity contribution in [3.63, 3.8) is 0 Å². The summed E-state index contributed by atoms with van der Waals surface area (Å²) in [6.07, 6.45) is 6.36. The Balaban J connectivity index is 1.83. The molecule has 1 N–H and O–H groups in total. The number of unbranched alkanes of at least 4 members (excludes halogenated alkanes) is 1. The predicted octanol–water partition coefficient (Wildman–Crippen LogP) is 4.77. The molecule has 1 aliphatic rings. The molecule has 1 amide bonds. The summed E-state index contributed by atoms with van der Waals surface area (Å²) in [5.41, 5.74) is 1.03. The molecule has 0 saturated carbocycles. The monoisotopic (exact) mass is 478 g/mol. The number of amidine groups is 1. The first-order valence-electron chi connectivity index (χ1n) is 11.0. The van der Waals surface area contributed by atoms with Gasteiger partial charge in [-0.1, -0.05) is 32.6 Å². The van der Waals surface area contributed by atoms with E-state index in [2.05, 4.69) is 28.5 Å². The highest BCUT2D eigenvalue weighted by Crippen LogP contribution is 2.32. The number of methoxy groups -OCH3 is 1. The van der Waals surface area contributed by atoms with Crippen molar-refractivity contribution in [3.05, 3.63) is 67.1 Å². The summed E-state index contributed by atoms with van der Waals surface area (Å²) in [6.45, 7) is 9.57. The molecule has 1 aliphatic heterocycles. The van der Waals surface area contributed by atoms with Crippen molar-refractivity contribution in [2.45, 2.75) is 51.2 Å². The molecule has 0 fully saturated rings. The number of nitrogens with one attached hydrogen (secondary N) is 1. The van der Waals surface area contributed by atoms with Crippen LogP contribution in [0, 0.1) is 0 Å². The van der Waals surface area contributed by atoms with E-state index in [1.54, 1.807) is 12.4 Å². The lowest BCUT2D eigenvalue weighted by Crippen LogP contribution is -2.43. The van der Waals surface area contributed by atoms with E-state index in [4.69, 9.17) is 14.2 Å². The quantitative estimate of drug-likeness (QED) is 0.250. The fraction of sp³-hybridized carbons (Fsp3) is 0.458. The number of carbonyl (C=O) groups is 1. The Labute approximate surface area is 199 Å². The maximum atomic E-state index is 15.0. The summed E-state index contributed by atoms with van der Waals surface area (Å²) in [7, 11) is 1.34. The van der Waals surface area contributed by atoms with Crippen molar-refractivity contribution < 1.29 is 27.8 Å². The Hall–Kier alpha value is -3.27. The Kier molecular flexibility index (Phi) is 10.7. The molecule has 1 aromatic heterocycles. The Morgan fingerprint density at radius 3 is 2.79 bits per heavy atom. The number of aromatic nitrogens is 1. The van der Waals surface area contributed by atoms with E-state index < -0.39 is 24.7 Å². The molecular weight excluding hydrogens is 446 g/mol. The van der Waals surface area contributed by atoms with Gasteiger partial charge in [-0.15, -0.1) is 0 Å². The molecule has 10 heteroatoms. The Morgan fingerprint density at radius 2 is 2.15 bits per heavy atom. The number of ether oxygens (including phenoxy) is 3. The predicted molar refractivity (Wildman–Crippen MR) is 125 cm³/mol. The van der Waals surface area contributed by atoms with Crippen molar-refractivity contribution >= 4 is 11.9 Å². The number of alkyl carbamates (subject to hydrolysis) is 1. The van der Waals surface area contributed by atoms with Crippen LogP contribution in [0.1, 0.15) is 38.2 Å². The summed E-state index contributed by atoms with van der Waals surface area (Å²) >= 11 is 0. The van der Waals surface area contributed by atoms with E-state index in [9.17, 15) is 13.6 Å². The zero-order chi connectivity index (χ0) is 25.0. The topological polar surface area (TPSA) is 85.3 Å². The fourth-order valence-electron chi connectivity index (χ4n) is 2.97. The van der Waals surface area contributed by atoms with Crippen LogP contribution in [0.5, 0.6) is 0 Å². The highest BCUT2D eigenvalue weighted by Gasteiger charge is 2.41.